The van der Waals surface area contributed by atoms with Crippen LogP contribution in [0.1, 0.15) is 5.56 Å². The van der Waals surface area contributed by atoms with E-state index in [-0.39, 0.29) is 9.92 Å². The van der Waals surface area contributed by atoms with E-state index in [0.717, 1.165) is 5.56 Å². The molecule has 1 N–H and O–H groups in total. The van der Waals surface area contributed by atoms with E-state index in [4.69, 9.17) is 11.6 Å². The summed E-state index contributed by atoms with van der Waals surface area (Å²) in [6.07, 6.45) is 3.08. The van der Waals surface area contributed by atoms with Gasteiger partial charge in [-0.25, -0.2) is 18.1 Å². The number of nitrogens with one attached hydrogen (secondary N) is 1. The molecule has 3 rings (SSSR count). The van der Waals surface area contributed by atoms with Gasteiger partial charge in [0.15, 0.2) is 0 Å². The van der Waals surface area contributed by atoms with Gasteiger partial charge in [-0.1, -0.05) is 35.9 Å². The molecule has 0 radical (unpaired) electrons. The number of sulfonamides is 1. The van der Waals surface area contributed by atoms with E-state index in [1.54, 1.807) is 35.3 Å². The van der Waals surface area contributed by atoms with Crippen LogP contribution in [0.25, 0.3) is 0 Å². The molecule has 0 saturated carbocycles. The normalized spacial score (nSPS) is 11.3. The minimum atomic E-state index is -3.72. The van der Waals surface area contributed by atoms with Gasteiger partial charge < -0.3 is 0 Å². The van der Waals surface area contributed by atoms with Gasteiger partial charge in [0.2, 0.25) is 0 Å². The molecule has 0 unspecified atom stereocenters. The molecule has 0 aliphatic heterocycles. The molecule has 118 valence electrons. The zero-order chi connectivity index (χ0) is 16.3. The lowest BCUT2D eigenvalue weighted by molar-refractivity contribution is 0.601. The van der Waals surface area contributed by atoms with Crippen molar-refractivity contribution in [3.05, 3.63) is 71.8 Å². The number of anilines is 1. The predicted octanol–water partition coefficient (Wildman–Crippen LogP) is 2.78. The smallest absolute Gasteiger partial charge is 0.263 e. The van der Waals surface area contributed by atoms with Crippen LogP contribution >= 0.6 is 11.6 Å². The molecule has 0 aliphatic rings. The largest absolute Gasteiger partial charge is 0.280 e. The molecule has 1 heterocycles. The maximum atomic E-state index is 12.3. The van der Waals surface area contributed by atoms with Crippen LogP contribution in [0.3, 0.4) is 0 Å². The first-order chi connectivity index (χ1) is 11.0. The van der Waals surface area contributed by atoms with Crippen LogP contribution in [0.4, 0.5) is 5.69 Å². The second-order valence-corrected chi connectivity index (χ2v) is 6.88. The molecule has 0 bridgehead atoms. The van der Waals surface area contributed by atoms with Crippen LogP contribution in [0.15, 0.2) is 66.1 Å². The summed E-state index contributed by atoms with van der Waals surface area (Å²) >= 11 is 5.94. The van der Waals surface area contributed by atoms with Crippen molar-refractivity contribution in [2.24, 2.45) is 0 Å². The third kappa shape index (κ3) is 3.69. The number of halogens is 1. The van der Waals surface area contributed by atoms with E-state index in [1.807, 2.05) is 12.1 Å². The molecule has 8 heteroatoms. The van der Waals surface area contributed by atoms with Gasteiger partial charge in [-0.3, -0.25) is 4.72 Å². The van der Waals surface area contributed by atoms with E-state index >= 15 is 0 Å². The number of aromatic nitrogens is 3. The van der Waals surface area contributed by atoms with E-state index in [2.05, 4.69) is 14.8 Å². The summed E-state index contributed by atoms with van der Waals surface area (Å²) in [5, 5.41) is 4.21. The Bertz CT molecular complexity index is 893. The fourth-order valence-electron chi connectivity index (χ4n) is 2.05. The lowest BCUT2D eigenvalue weighted by Crippen LogP contribution is -2.13. The summed E-state index contributed by atoms with van der Waals surface area (Å²) in [6.45, 7) is 0.567. The van der Waals surface area contributed by atoms with Crippen molar-refractivity contribution in [1.29, 1.82) is 0 Å². The molecule has 0 atom stereocenters. The van der Waals surface area contributed by atoms with Crippen molar-refractivity contribution < 1.29 is 8.42 Å². The van der Waals surface area contributed by atoms with Crippen molar-refractivity contribution in [1.82, 2.24) is 14.8 Å². The van der Waals surface area contributed by atoms with Crippen molar-refractivity contribution in [2.75, 3.05) is 4.72 Å². The Morgan fingerprint density at radius 3 is 2.48 bits per heavy atom. The first kappa shape index (κ1) is 15.5. The molecule has 0 fully saturated rings. The molecule has 23 heavy (non-hydrogen) atoms. The second kappa shape index (κ2) is 6.39. The third-order valence-corrected chi connectivity index (χ3v) is 5.02. The quantitative estimate of drug-likeness (QED) is 0.769. The van der Waals surface area contributed by atoms with Gasteiger partial charge in [0, 0.05) is 5.69 Å². The Labute approximate surface area is 138 Å². The van der Waals surface area contributed by atoms with Gasteiger partial charge in [0.25, 0.3) is 10.0 Å². The summed E-state index contributed by atoms with van der Waals surface area (Å²) in [6, 6.07) is 13.3. The van der Waals surface area contributed by atoms with Gasteiger partial charge in [-0.05, 0) is 29.8 Å². The standard InChI is InChI=1S/C15H13ClN4O2S/c16-14-3-1-2-4-15(14)23(21,22)19-13-7-5-12(6-8-13)9-20-11-17-10-18-20/h1-8,10-11,19H,9H2. The van der Waals surface area contributed by atoms with E-state index in [1.165, 1.54) is 18.5 Å². The lowest BCUT2D eigenvalue weighted by atomic mass is 10.2. The molecular formula is C15H13ClN4O2S. The molecule has 0 spiro atoms. The molecule has 0 saturated heterocycles. The predicted molar refractivity (Wildman–Crippen MR) is 87.8 cm³/mol. The minimum absolute atomic E-state index is 0.0494. The molecule has 3 aromatic rings. The number of benzene rings is 2. The first-order valence-electron chi connectivity index (χ1n) is 6.73. The first-order valence-corrected chi connectivity index (χ1v) is 8.59. The maximum absolute atomic E-state index is 12.3. The van der Waals surface area contributed by atoms with E-state index < -0.39 is 10.0 Å². The van der Waals surface area contributed by atoms with Gasteiger partial charge >= 0.3 is 0 Å². The molecule has 0 amide bonds. The Morgan fingerprint density at radius 2 is 1.83 bits per heavy atom. The van der Waals surface area contributed by atoms with Gasteiger partial charge in [-0.2, -0.15) is 5.10 Å². The molecule has 1 aromatic heterocycles. The van der Waals surface area contributed by atoms with Crippen LogP contribution in [-0.2, 0) is 16.6 Å². The minimum Gasteiger partial charge on any atom is -0.280 e. The summed E-state index contributed by atoms with van der Waals surface area (Å²) < 4.78 is 28.9. The van der Waals surface area contributed by atoms with Crippen molar-refractivity contribution in [3.8, 4) is 0 Å². The Hall–Kier alpha value is -2.38. The summed E-state index contributed by atoms with van der Waals surface area (Å²) in [7, 11) is -3.72. The number of hydrogen-bond donors (Lipinski definition) is 1. The van der Waals surface area contributed by atoms with Gasteiger partial charge in [-0.15, -0.1) is 0 Å². The number of nitrogens with zero attached hydrogens (tertiary/aromatic N) is 3. The fourth-order valence-corrected chi connectivity index (χ4v) is 3.63. The van der Waals surface area contributed by atoms with E-state index in [9.17, 15) is 8.42 Å². The maximum Gasteiger partial charge on any atom is 0.263 e. The number of hydrogen-bond acceptors (Lipinski definition) is 4. The van der Waals surface area contributed by atoms with Crippen LogP contribution < -0.4 is 4.72 Å². The van der Waals surface area contributed by atoms with Crippen LogP contribution in [0.2, 0.25) is 5.02 Å². The average molecular weight is 349 g/mol. The highest BCUT2D eigenvalue weighted by molar-refractivity contribution is 7.92. The van der Waals surface area contributed by atoms with Crippen LogP contribution in [0.5, 0.6) is 0 Å². The highest BCUT2D eigenvalue weighted by Crippen LogP contribution is 2.23. The second-order valence-electron chi connectivity index (χ2n) is 4.83. The fraction of sp³-hybridized carbons (Fsp3) is 0.0667. The average Bonchev–Trinajstić information content (AvgIpc) is 3.02. The highest BCUT2D eigenvalue weighted by atomic mass is 35.5. The van der Waals surface area contributed by atoms with E-state index in [0.29, 0.717) is 12.2 Å². The zero-order valence-corrected chi connectivity index (χ0v) is 13.5. The highest BCUT2D eigenvalue weighted by Gasteiger charge is 2.17. The van der Waals surface area contributed by atoms with Crippen LogP contribution in [-0.4, -0.2) is 23.2 Å². The Morgan fingerprint density at radius 1 is 1.09 bits per heavy atom. The summed E-state index contributed by atoms with van der Waals surface area (Å²) in [5.74, 6) is 0. The Balaban J connectivity index is 1.76. The summed E-state index contributed by atoms with van der Waals surface area (Å²) in [4.78, 5) is 3.92. The van der Waals surface area contributed by atoms with Crippen molar-refractivity contribution >= 4 is 27.3 Å². The molecule has 2 aromatic carbocycles. The van der Waals surface area contributed by atoms with Crippen molar-refractivity contribution in [2.45, 2.75) is 11.4 Å². The lowest BCUT2D eigenvalue weighted by Gasteiger charge is -2.10. The van der Waals surface area contributed by atoms with Crippen molar-refractivity contribution in [3.63, 3.8) is 0 Å². The molecular weight excluding hydrogens is 336 g/mol. The SMILES string of the molecule is O=S(=O)(Nc1ccc(Cn2cncn2)cc1)c1ccccc1Cl. The molecule has 0 aliphatic carbocycles. The topological polar surface area (TPSA) is 76.9 Å². The molecule has 6 nitrogen and oxygen atoms in total. The van der Waals surface area contributed by atoms with Gasteiger partial charge in [0.05, 0.1) is 11.6 Å². The zero-order valence-electron chi connectivity index (χ0n) is 11.9. The van der Waals surface area contributed by atoms with Gasteiger partial charge in [0.1, 0.15) is 17.6 Å². The monoisotopic (exact) mass is 348 g/mol. The third-order valence-electron chi connectivity index (χ3n) is 3.14. The van der Waals surface area contributed by atoms with Crippen LogP contribution in [0, 0.1) is 0 Å². The summed E-state index contributed by atoms with van der Waals surface area (Å²) in [5.41, 5.74) is 1.45. The Kier molecular flexibility index (Phi) is 4.31. The number of rotatable bonds is 5.